The average molecular weight is 311 g/mol. The van der Waals surface area contributed by atoms with Crippen LogP contribution >= 0.6 is 0 Å². The van der Waals surface area contributed by atoms with Crippen LogP contribution in [-0.2, 0) is 9.31 Å². The van der Waals surface area contributed by atoms with E-state index in [0.717, 1.165) is 6.07 Å². The van der Waals surface area contributed by atoms with Gasteiger partial charge in [-0.3, -0.25) is 4.79 Å². The highest BCUT2D eigenvalue weighted by atomic mass is 19.1. The number of halogens is 2. The molecular weight excluding hydrogens is 291 g/mol. The molecule has 0 unspecified atom stereocenters. The van der Waals surface area contributed by atoms with Crippen LogP contribution in [-0.4, -0.2) is 30.8 Å². The first-order chi connectivity index (χ1) is 10.1. The monoisotopic (exact) mass is 311 g/mol. The third-order valence-corrected chi connectivity index (χ3v) is 4.18. The van der Waals surface area contributed by atoms with Gasteiger partial charge in [-0.05, 0) is 40.7 Å². The predicted molar refractivity (Wildman–Crippen MR) is 80.1 cm³/mol. The van der Waals surface area contributed by atoms with Gasteiger partial charge in [-0.2, -0.15) is 0 Å². The molecule has 0 spiro atoms. The molecule has 0 aliphatic carbocycles. The van der Waals surface area contributed by atoms with Gasteiger partial charge in [0.05, 0.1) is 16.8 Å². The van der Waals surface area contributed by atoms with Gasteiger partial charge in [-0.1, -0.05) is 0 Å². The summed E-state index contributed by atoms with van der Waals surface area (Å²) in [6.07, 6.45) is 0. The van der Waals surface area contributed by atoms with Crippen molar-refractivity contribution in [2.45, 2.75) is 45.8 Å². The number of rotatable bonds is 3. The second-order valence-electron chi connectivity index (χ2n) is 6.30. The normalized spacial score (nSPS) is 19.3. The molecule has 120 valence electrons. The minimum Gasteiger partial charge on any atom is -0.399 e. The molecular formula is C15H20BF2NO3. The van der Waals surface area contributed by atoms with Crippen LogP contribution in [0, 0.1) is 11.6 Å². The van der Waals surface area contributed by atoms with Gasteiger partial charge in [-0.15, -0.1) is 0 Å². The molecule has 0 aromatic heterocycles. The Morgan fingerprint density at radius 3 is 2.18 bits per heavy atom. The molecule has 22 heavy (non-hydrogen) atoms. The lowest BCUT2D eigenvalue weighted by atomic mass is 9.77. The Morgan fingerprint density at radius 1 is 1.14 bits per heavy atom. The van der Waals surface area contributed by atoms with Gasteiger partial charge in [0, 0.05) is 18.1 Å². The lowest BCUT2D eigenvalue weighted by Gasteiger charge is -2.32. The van der Waals surface area contributed by atoms with Crippen LogP contribution in [0.1, 0.15) is 45.0 Å². The Morgan fingerprint density at radius 2 is 1.68 bits per heavy atom. The summed E-state index contributed by atoms with van der Waals surface area (Å²) >= 11 is 0. The molecule has 1 aliphatic rings. The molecule has 1 amide bonds. The Bertz CT molecular complexity index is 589. The summed E-state index contributed by atoms with van der Waals surface area (Å²) in [5.41, 5.74) is -1.51. The van der Waals surface area contributed by atoms with Crippen LogP contribution < -0.4 is 10.8 Å². The molecule has 4 nitrogen and oxygen atoms in total. The highest BCUT2D eigenvalue weighted by molar-refractivity contribution is 6.62. The van der Waals surface area contributed by atoms with Crippen LogP contribution in [0.3, 0.4) is 0 Å². The van der Waals surface area contributed by atoms with Gasteiger partial charge >= 0.3 is 7.12 Å². The Balaban J connectivity index is 2.41. The number of carbonyl (C=O) groups excluding carboxylic acids is 1. The first-order valence-electron chi connectivity index (χ1n) is 7.22. The Labute approximate surface area is 129 Å². The second-order valence-corrected chi connectivity index (χ2v) is 6.30. The predicted octanol–water partition coefficient (Wildman–Crippen LogP) is 2.01. The number of carbonyl (C=O) groups is 1. The first kappa shape index (κ1) is 16.9. The van der Waals surface area contributed by atoms with Crippen LogP contribution in [0.25, 0.3) is 0 Å². The van der Waals surface area contributed by atoms with E-state index in [1.165, 1.54) is 0 Å². The van der Waals surface area contributed by atoms with Crippen molar-refractivity contribution in [3.8, 4) is 0 Å². The summed E-state index contributed by atoms with van der Waals surface area (Å²) in [6.45, 7) is 9.40. The molecule has 1 aromatic carbocycles. The fourth-order valence-electron chi connectivity index (χ4n) is 2.15. The summed E-state index contributed by atoms with van der Waals surface area (Å²) in [6, 6.07) is 1.84. The van der Waals surface area contributed by atoms with E-state index >= 15 is 0 Å². The van der Waals surface area contributed by atoms with Crippen molar-refractivity contribution in [3.63, 3.8) is 0 Å². The minimum absolute atomic E-state index is 0.0151. The van der Waals surface area contributed by atoms with E-state index in [0.29, 0.717) is 12.6 Å². The van der Waals surface area contributed by atoms with Gasteiger partial charge in [0.25, 0.3) is 5.91 Å². The fourth-order valence-corrected chi connectivity index (χ4v) is 2.15. The van der Waals surface area contributed by atoms with E-state index in [9.17, 15) is 13.6 Å². The van der Waals surface area contributed by atoms with Crippen molar-refractivity contribution in [1.29, 1.82) is 0 Å². The fraction of sp³-hybridized carbons (Fsp3) is 0.533. The lowest BCUT2D eigenvalue weighted by Crippen LogP contribution is -2.41. The molecule has 0 atom stereocenters. The average Bonchev–Trinajstić information content (AvgIpc) is 2.58. The summed E-state index contributed by atoms with van der Waals surface area (Å²) in [5.74, 6) is -2.31. The van der Waals surface area contributed by atoms with Crippen molar-refractivity contribution < 1.29 is 22.9 Å². The largest absolute Gasteiger partial charge is 0.497 e. The van der Waals surface area contributed by atoms with E-state index in [1.54, 1.807) is 6.92 Å². The molecule has 2 rings (SSSR count). The standard InChI is InChI=1S/C15H20BF2NO3/c1-6-19-13(20)9-7-10(12(18)8-11(9)17)16-21-14(2,3)15(4,5)22-16/h7-8H,6H2,1-5H3,(H,19,20). The molecule has 0 radical (unpaired) electrons. The van der Waals surface area contributed by atoms with Crippen molar-refractivity contribution in [1.82, 2.24) is 5.32 Å². The maximum atomic E-state index is 14.1. The number of hydrogen-bond donors (Lipinski definition) is 1. The maximum absolute atomic E-state index is 14.1. The van der Waals surface area contributed by atoms with Crippen LogP contribution in [0.5, 0.6) is 0 Å². The number of nitrogens with one attached hydrogen (secondary N) is 1. The molecule has 1 fully saturated rings. The van der Waals surface area contributed by atoms with Crippen molar-refractivity contribution in [2.75, 3.05) is 6.54 Å². The third-order valence-electron chi connectivity index (χ3n) is 4.18. The summed E-state index contributed by atoms with van der Waals surface area (Å²) in [7, 11) is -0.987. The quantitative estimate of drug-likeness (QED) is 0.869. The van der Waals surface area contributed by atoms with Gasteiger partial charge < -0.3 is 14.6 Å². The summed E-state index contributed by atoms with van der Waals surface area (Å²) in [4.78, 5) is 11.8. The highest BCUT2D eigenvalue weighted by Gasteiger charge is 2.52. The third kappa shape index (κ3) is 2.87. The Hall–Kier alpha value is -1.47. The highest BCUT2D eigenvalue weighted by Crippen LogP contribution is 2.36. The molecule has 7 heteroatoms. The van der Waals surface area contributed by atoms with Crippen molar-refractivity contribution >= 4 is 18.5 Å². The van der Waals surface area contributed by atoms with E-state index < -0.39 is 35.9 Å². The van der Waals surface area contributed by atoms with E-state index in [1.807, 2.05) is 27.7 Å². The topological polar surface area (TPSA) is 47.6 Å². The van der Waals surface area contributed by atoms with Gasteiger partial charge in [0.1, 0.15) is 11.6 Å². The molecule has 1 aromatic rings. The smallest absolute Gasteiger partial charge is 0.399 e. The van der Waals surface area contributed by atoms with Crippen LogP contribution in [0.4, 0.5) is 8.78 Å². The second kappa shape index (κ2) is 5.63. The lowest BCUT2D eigenvalue weighted by molar-refractivity contribution is 0.00578. The number of amides is 1. The summed E-state index contributed by atoms with van der Waals surface area (Å²) < 4.78 is 39.4. The number of hydrogen-bond acceptors (Lipinski definition) is 3. The van der Waals surface area contributed by atoms with Crippen LogP contribution in [0.15, 0.2) is 12.1 Å². The first-order valence-corrected chi connectivity index (χ1v) is 7.22. The van der Waals surface area contributed by atoms with Gasteiger partial charge in [-0.25, -0.2) is 8.78 Å². The molecule has 1 N–H and O–H groups in total. The zero-order chi connectivity index (χ0) is 16.7. The number of benzene rings is 1. The van der Waals surface area contributed by atoms with Crippen molar-refractivity contribution in [2.24, 2.45) is 0 Å². The minimum atomic E-state index is -0.987. The zero-order valence-electron chi connectivity index (χ0n) is 13.4. The van der Waals surface area contributed by atoms with E-state index in [-0.39, 0.29) is 11.0 Å². The zero-order valence-corrected chi connectivity index (χ0v) is 13.4. The van der Waals surface area contributed by atoms with E-state index in [2.05, 4.69) is 5.32 Å². The Kier molecular flexibility index (Phi) is 4.32. The molecule has 0 bridgehead atoms. The molecule has 1 saturated heterocycles. The molecule has 0 saturated carbocycles. The molecule has 1 heterocycles. The summed E-state index contributed by atoms with van der Waals surface area (Å²) in [5, 5.41) is 2.49. The SMILES string of the molecule is CCNC(=O)c1cc(B2OC(C)(C)C(C)(C)O2)c(F)cc1F. The van der Waals surface area contributed by atoms with Gasteiger partial charge in [0.2, 0.25) is 0 Å². The van der Waals surface area contributed by atoms with Crippen molar-refractivity contribution in [3.05, 3.63) is 29.3 Å². The maximum Gasteiger partial charge on any atom is 0.497 e. The molecule has 1 aliphatic heterocycles. The van der Waals surface area contributed by atoms with Crippen LogP contribution in [0.2, 0.25) is 0 Å². The van der Waals surface area contributed by atoms with E-state index in [4.69, 9.17) is 9.31 Å². The van der Waals surface area contributed by atoms with Gasteiger partial charge in [0.15, 0.2) is 0 Å².